The van der Waals surface area contributed by atoms with Gasteiger partial charge in [0.25, 0.3) is 0 Å². The Bertz CT molecular complexity index is 1270. The number of imidazole rings is 1. The van der Waals surface area contributed by atoms with Crippen LogP contribution in [0.4, 0.5) is 5.69 Å². The number of ether oxygens (including phenoxy) is 2. The monoisotopic (exact) mass is 561 g/mol. The molecule has 3 aromatic rings. The fourth-order valence-corrected chi connectivity index (χ4v) is 4.69. The number of aliphatic hydroxyl groups excluding tert-OH is 1. The second-order valence-electron chi connectivity index (χ2n) is 9.22. The Morgan fingerprint density at radius 2 is 1.84 bits per heavy atom. The van der Waals surface area contributed by atoms with E-state index in [1.54, 1.807) is 29.1 Å². The molecular formula is C27H29Cl2N3O6. The summed E-state index contributed by atoms with van der Waals surface area (Å²) in [6.45, 7) is 2.38. The number of halogens is 2. The quantitative estimate of drug-likeness (QED) is 0.304. The molecule has 3 N–H and O–H groups in total. The maximum atomic E-state index is 12.3. The number of nitrogens with zero attached hydrogens (tertiary/aromatic N) is 2. The van der Waals surface area contributed by atoms with Gasteiger partial charge in [0.05, 0.1) is 31.7 Å². The number of amides is 1. The van der Waals surface area contributed by atoms with E-state index >= 15 is 0 Å². The minimum absolute atomic E-state index is 0.0512. The van der Waals surface area contributed by atoms with Crippen LogP contribution in [0.5, 0.6) is 0 Å². The largest absolute Gasteiger partial charge is 0.481 e. The van der Waals surface area contributed by atoms with Crippen LogP contribution in [-0.4, -0.2) is 37.7 Å². The predicted molar refractivity (Wildman–Crippen MR) is 142 cm³/mol. The van der Waals surface area contributed by atoms with E-state index in [1.165, 1.54) is 0 Å². The molecule has 4 rings (SSSR count). The molecule has 11 heteroatoms. The van der Waals surface area contributed by atoms with Gasteiger partial charge < -0.3 is 29.6 Å². The van der Waals surface area contributed by atoms with Gasteiger partial charge in [-0.1, -0.05) is 66.5 Å². The van der Waals surface area contributed by atoms with E-state index in [1.807, 2.05) is 37.3 Å². The molecule has 0 unspecified atom stereocenters. The van der Waals surface area contributed by atoms with Crippen molar-refractivity contribution in [2.24, 2.45) is 5.92 Å². The molecule has 2 heterocycles. The Hall–Kier alpha value is -2.95. The average molecular weight is 562 g/mol. The molecule has 0 bridgehead atoms. The van der Waals surface area contributed by atoms with Gasteiger partial charge in [-0.3, -0.25) is 9.59 Å². The SMILES string of the molecule is C[C@H]1[C@@H](Cn2cnc(Cl)c2Cl)O[C@@H](c2cccc(NC(=O)CCCC(=O)O)c2)O[C@H]1c1ccc(CO)cc1. The first-order valence-electron chi connectivity index (χ1n) is 12.2. The molecule has 0 radical (unpaired) electrons. The van der Waals surface area contributed by atoms with Crippen LogP contribution in [0.1, 0.15) is 55.3 Å². The fraction of sp³-hybridized carbons (Fsp3) is 0.370. The molecule has 1 aliphatic heterocycles. The van der Waals surface area contributed by atoms with Crippen molar-refractivity contribution in [3.05, 3.63) is 81.9 Å². The summed E-state index contributed by atoms with van der Waals surface area (Å²) in [7, 11) is 0. The number of anilines is 1. The van der Waals surface area contributed by atoms with E-state index in [4.69, 9.17) is 37.8 Å². The maximum Gasteiger partial charge on any atom is 0.303 e. The summed E-state index contributed by atoms with van der Waals surface area (Å²) < 4.78 is 14.6. The second kappa shape index (κ2) is 12.7. The number of carbonyl (C=O) groups excluding carboxylic acids is 1. The van der Waals surface area contributed by atoms with Gasteiger partial charge in [-0.15, -0.1) is 0 Å². The zero-order valence-corrected chi connectivity index (χ0v) is 22.2. The van der Waals surface area contributed by atoms with Crippen molar-refractivity contribution in [3.63, 3.8) is 0 Å². The number of hydrogen-bond acceptors (Lipinski definition) is 6. The highest BCUT2D eigenvalue weighted by Gasteiger charge is 2.39. The van der Waals surface area contributed by atoms with E-state index in [-0.39, 0.29) is 55.1 Å². The molecule has 38 heavy (non-hydrogen) atoms. The normalized spacial score (nSPS) is 21.3. The molecule has 4 atom stereocenters. The summed E-state index contributed by atoms with van der Waals surface area (Å²) in [4.78, 5) is 27.1. The van der Waals surface area contributed by atoms with Crippen LogP contribution in [-0.2, 0) is 32.2 Å². The first-order valence-corrected chi connectivity index (χ1v) is 13.0. The number of carboxylic acid groups (broad SMARTS) is 1. The molecule has 1 aromatic heterocycles. The summed E-state index contributed by atoms with van der Waals surface area (Å²) >= 11 is 12.4. The minimum atomic E-state index is -0.935. The molecule has 2 aromatic carbocycles. The highest BCUT2D eigenvalue weighted by Crippen LogP contribution is 2.42. The summed E-state index contributed by atoms with van der Waals surface area (Å²) in [6, 6.07) is 14.8. The van der Waals surface area contributed by atoms with Crippen molar-refractivity contribution in [2.45, 2.75) is 57.8 Å². The van der Waals surface area contributed by atoms with Gasteiger partial charge in [0.2, 0.25) is 5.91 Å². The number of benzene rings is 2. The van der Waals surface area contributed by atoms with E-state index in [0.29, 0.717) is 22.9 Å². The molecular weight excluding hydrogens is 533 g/mol. The lowest BCUT2D eigenvalue weighted by molar-refractivity contribution is -0.276. The second-order valence-corrected chi connectivity index (χ2v) is 9.94. The van der Waals surface area contributed by atoms with E-state index in [0.717, 1.165) is 11.1 Å². The number of aromatic nitrogens is 2. The van der Waals surface area contributed by atoms with Crippen LogP contribution in [0.2, 0.25) is 10.3 Å². The van der Waals surface area contributed by atoms with Crippen molar-refractivity contribution in [1.29, 1.82) is 0 Å². The Morgan fingerprint density at radius 3 is 2.50 bits per heavy atom. The summed E-state index contributed by atoms with van der Waals surface area (Å²) in [5.74, 6) is -1.29. The van der Waals surface area contributed by atoms with Crippen molar-refractivity contribution in [2.75, 3.05) is 5.32 Å². The van der Waals surface area contributed by atoms with Crippen LogP contribution in [0, 0.1) is 5.92 Å². The van der Waals surface area contributed by atoms with E-state index in [2.05, 4.69) is 10.3 Å². The summed E-state index contributed by atoms with van der Waals surface area (Å²) in [5, 5.41) is 21.6. The summed E-state index contributed by atoms with van der Waals surface area (Å²) in [5.41, 5.74) is 2.99. The van der Waals surface area contributed by atoms with Crippen LogP contribution in [0.3, 0.4) is 0 Å². The molecule has 1 fully saturated rings. The lowest BCUT2D eigenvalue weighted by atomic mass is 9.90. The first-order chi connectivity index (χ1) is 18.2. The van der Waals surface area contributed by atoms with Crippen LogP contribution >= 0.6 is 23.2 Å². The minimum Gasteiger partial charge on any atom is -0.481 e. The average Bonchev–Trinajstić information content (AvgIpc) is 3.22. The lowest BCUT2D eigenvalue weighted by Crippen LogP contribution is -2.39. The molecule has 202 valence electrons. The Kier molecular flexibility index (Phi) is 9.40. The van der Waals surface area contributed by atoms with Gasteiger partial charge in [0.15, 0.2) is 11.4 Å². The van der Waals surface area contributed by atoms with Gasteiger partial charge in [-0.25, -0.2) is 4.98 Å². The topological polar surface area (TPSA) is 123 Å². The Balaban J connectivity index is 1.56. The molecule has 9 nitrogen and oxygen atoms in total. The standard InChI is InChI=1S/C27H29Cl2N3O6/c1-16-21(13-32-15-30-25(28)26(32)29)37-27(38-24(16)18-10-8-17(14-33)9-11-18)19-4-2-5-20(12-19)31-22(34)6-3-7-23(35)36/h2,4-5,8-12,15-16,21,24,27,33H,3,6-7,13-14H2,1H3,(H,31,34)(H,35,36)/t16-,21+,24+,27+/m0/s1. The van der Waals surface area contributed by atoms with Gasteiger partial charge >= 0.3 is 5.97 Å². The van der Waals surface area contributed by atoms with Gasteiger partial charge in [-0.2, -0.15) is 0 Å². The summed E-state index contributed by atoms with van der Waals surface area (Å²) in [6.07, 6.45) is 0.451. The predicted octanol–water partition coefficient (Wildman–Crippen LogP) is 5.37. The smallest absolute Gasteiger partial charge is 0.303 e. The van der Waals surface area contributed by atoms with Crippen LogP contribution in [0.15, 0.2) is 54.9 Å². The zero-order valence-electron chi connectivity index (χ0n) is 20.7. The molecule has 1 aliphatic rings. The number of aliphatic carboxylic acids is 1. The van der Waals surface area contributed by atoms with Crippen molar-refractivity contribution in [1.82, 2.24) is 9.55 Å². The highest BCUT2D eigenvalue weighted by molar-refractivity contribution is 6.40. The third kappa shape index (κ3) is 6.92. The van der Waals surface area contributed by atoms with Crippen molar-refractivity contribution < 1.29 is 29.3 Å². The number of aliphatic hydroxyl groups is 1. The Labute approximate surface area is 230 Å². The molecule has 1 amide bonds. The zero-order chi connectivity index (χ0) is 27.2. The first kappa shape index (κ1) is 28.1. The lowest BCUT2D eigenvalue weighted by Gasteiger charge is -2.41. The molecule has 0 saturated carbocycles. The number of nitrogens with one attached hydrogen (secondary N) is 1. The highest BCUT2D eigenvalue weighted by atomic mass is 35.5. The van der Waals surface area contributed by atoms with Gasteiger partial charge in [0, 0.05) is 30.0 Å². The number of hydrogen-bond donors (Lipinski definition) is 3. The number of carboxylic acids is 1. The Morgan fingerprint density at radius 1 is 1.08 bits per heavy atom. The van der Waals surface area contributed by atoms with E-state index in [9.17, 15) is 14.7 Å². The maximum absolute atomic E-state index is 12.3. The third-order valence-corrected chi connectivity index (χ3v) is 7.24. The third-order valence-electron chi connectivity index (χ3n) is 6.47. The van der Waals surface area contributed by atoms with Crippen LogP contribution < -0.4 is 5.32 Å². The molecule has 0 aliphatic carbocycles. The molecule has 1 saturated heterocycles. The van der Waals surface area contributed by atoms with Crippen molar-refractivity contribution >= 4 is 40.8 Å². The number of rotatable bonds is 10. The number of carbonyl (C=O) groups is 2. The van der Waals surface area contributed by atoms with Crippen molar-refractivity contribution in [3.8, 4) is 0 Å². The fourth-order valence-electron chi connectivity index (χ4n) is 4.38. The van der Waals surface area contributed by atoms with E-state index < -0.39 is 12.3 Å². The molecule has 0 spiro atoms. The van der Waals surface area contributed by atoms with Crippen LogP contribution in [0.25, 0.3) is 0 Å². The van der Waals surface area contributed by atoms with Gasteiger partial charge in [-0.05, 0) is 29.7 Å². The van der Waals surface area contributed by atoms with Gasteiger partial charge in [0.1, 0.15) is 5.15 Å².